The number of carbonyl (C=O) groups is 4. The summed E-state index contributed by atoms with van der Waals surface area (Å²) in [6, 6.07) is 0. The zero-order valence-corrected chi connectivity index (χ0v) is 69.8. The van der Waals surface area contributed by atoms with E-state index in [0.717, 1.165) is 148 Å². The number of ether oxygens (including phenoxy) is 4. The zero-order chi connectivity index (χ0) is 78.9. The Balaban J connectivity index is 5.47. The van der Waals surface area contributed by atoms with Crippen LogP contribution in [0.4, 0.5) is 0 Å². The third-order valence-corrected chi connectivity index (χ3v) is 19.5. The number of carbonyl (C=O) groups excluding carboxylic acids is 4. The summed E-state index contributed by atoms with van der Waals surface area (Å²) in [5, 5.41) is 10.7. The predicted molar refractivity (Wildman–Crippen MR) is 445 cm³/mol. The fraction of sp³-hybridized carbons (Fsp3) is 0.708. The first-order valence-corrected chi connectivity index (χ1v) is 45.4. The molecular formula is C89H152O17P2. The quantitative estimate of drug-likeness (QED) is 0.0169. The number of phosphoric acid groups is 2. The molecule has 17 nitrogen and oxygen atoms in total. The summed E-state index contributed by atoms with van der Waals surface area (Å²) < 4.78 is 68.7. The van der Waals surface area contributed by atoms with Gasteiger partial charge in [-0.2, -0.15) is 0 Å². The van der Waals surface area contributed by atoms with Crippen molar-refractivity contribution in [1.82, 2.24) is 0 Å². The number of unbranched alkanes of at least 4 members (excludes halogenated alkanes) is 31. The number of hydrogen-bond donors (Lipinski definition) is 3. The van der Waals surface area contributed by atoms with Crippen LogP contribution in [0.2, 0.25) is 0 Å². The molecule has 5 atom stereocenters. The van der Waals surface area contributed by atoms with Crippen LogP contribution < -0.4 is 0 Å². The Kier molecular flexibility index (Phi) is 76.7. The number of phosphoric ester groups is 2. The van der Waals surface area contributed by atoms with Crippen molar-refractivity contribution in [2.75, 3.05) is 39.6 Å². The Morgan fingerprint density at radius 2 is 0.500 bits per heavy atom. The van der Waals surface area contributed by atoms with Crippen molar-refractivity contribution in [3.63, 3.8) is 0 Å². The van der Waals surface area contributed by atoms with Crippen LogP contribution >= 0.6 is 15.6 Å². The van der Waals surface area contributed by atoms with E-state index in [1.165, 1.54) is 116 Å². The topological polar surface area (TPSA) is 237 Å². The summed E-state index contributed by atoms with van der Waals surface area (Å²) in [7, 11) is -10.00. The van der Waals surface area contributed by atoms with Gasteiger partial charge in [0, 0.05) is 25.7 Å². The highest BCUT2D eigenvalue weighted by Gasteiger charge is 2.30. The SMILES string of the molecule is CC/C=C\C/C=C\C/C=C\C/C=C\C/C=C\CCCCCC(=O)O[C@H](COC(=O)CC/C=C\C/C=C\C/C=C\C/C=C\C/C=C\CCCCC)COP(=O)(O)OC[C@@H](O)COP(=O)(O)OC[C@@H](COC(=O)CCCCCCCCCCCCCCCCC)OC(=O)CCCCCCCCC/C=C\CCCCCC. The second kappa shape index (κ2) is 80.3. The van der Waals surface area contributed by atoms with E-state index in [0.29, 0.717) is 32.1 Å². The van der Waals surface area contributed by atoms with E-state index in [2.05, 4.69) is 149 Å². The van der Waals surface area contributed by atoms with Gasteiger partial charge in [-0.3, -0.25) is 37.3 Å². The van der Waals surface area contributed by atoms with Crippen molar-refractivity contribution < 1.29 is 80.2 Å². The lowest BCUT2D eigenvalue weighted by Crippen LogP contribution is -2.30. The molecule has 0 spiro atoms. The molecule has 0 heterocycles. The van der Waals surface area contributed by atoms with Gasteiger partial charge < -0.3 is 33.8 Å². The smallest absolute Gasteiger partial charge is 0.462 e. The van der Waals surface area contributed by atoms with Crippen LogP contribution in [0.3, 0.4) is 0 Å². The van der Waals surface area contributed by atoms with Gasteiger partial charge in [-0.05, 0) is 135 Å². The molecule has 620 valence electrons. The molecule has 3 N–H and O–H groups in total. The lowest BCUT2D eigenvalue weighted by molar-refractivity contribution is -0.161. The standard InChI is InChI=1S/C89H152O17P2/c1-5-9-13-17-21-25-29-33-37-39-41-43-47-50-54-58-62-66-70-74-87(92)100-80-85(106-89(94)76-72-68-64-60-56-52-48-44-42-40-38-34-30-26-22-18-14-10-6-2)82-104-108(97,98)102-78-83(90)77-101-107(95,96)103-81-84(105-88(93)75-71-67-63-59-55-51-46-36-32-28-24-20-16-12-8-4)79-99-86(91)73-69-65-61-57-53-49-45-35-31-27-23-19-15-11-7-3/h10,14,21-22,25-26,28,32-34,37-38,41-44,50,52,54,56,62,66,83-85,90H,5-9,11-13,15-20,23-24,27,29-31,35-36,39-40,45-49,51,53,55,57-61,63-65,67-82H2,1-4H3,(H,95,96)(H,97,98)/b14-10-,25-21-,26-22-,32-28-,37-33-,38-34-,43-41-,44-42-,54-50-,56-52-,66-62-/t83-,84+,85+/m0/s1. The molecule has 0 saturated carbocycles. The fourth-order valence-corrected chi connectivity index (χ4v) is 12.7. The number of hydrogen-bond acceptors (Lipinski definition) is 15. The summed E-state index contributed by atoms with van der Waals surface area (Å²) in [5.41, 5.74) is 0. The first-order valence-electron chi connectivity index (χ1n) is 42.4. The molecule has 0 amide bonds. The van der Waals surface area contributed by atoms with Crippen LogP contribution in [0.25, 0.3) is 0 Å². The molecule has 0 saturated heterocycles. The van der Waals surface area contributed by atoms with E-state index in [4.69, 9.17) is 37.0 Å². The monoisotopic (exact) mass is 1560 g/mol. The van der Waals surface area contributed by atoms with Crippen molar-refractivity contribution in [2.45, 2.75) is 367 Å². The van der Waals surface area contributed by atoms with E-state index in [1.54, 1.807) is 0 Å². The van der Waals surface area contributed by atoms with Gasteiger partial charge in [-0.1, -0.05) is 322 Å². The van der Waals surface area contributed by atoms with E-state index < -0.39 is 97.5 Å². The maximum absolute atomic E-state index is 13.1. The molecule has 0 rings (SSSR count). The van der Waals surface area contributed by atoms with Gasteiger partial charge in [-0.15, -0.1) is 0 Å². The van der Waals surface area contributed by atoms with Gasteiger partial charge in [0.1, 0.15) is 19.3 Å². The normalized spacial score (nSPS) is 14.5. The lowest BCUT2D eigenvalue weighted by atomic mass is 10.0. The fourth-order valence-electron chi connectivity index (χ4n) is 11.2. The number of allylic oxidation sites excluding steroid dienone is 22. The highest BCUT2D eigenvalue weighted by atomic mass is 31.2. The summed E-state index contributed by atoms with van der Waals surface area (Å²) in [6.07, 6.45) is 91.4. The Hall–Kier alpha value is -4.80. The van der Waals surface area contributed by atoms with Crippen LogP contribution in [0, 0.1) is 0 Å². The zero-order valence-electron chi connectivity index (χ0n) is 68.0. The summed E-state index contributed by atoms with van der Waals surface area (Å²) in [6.45, 7) is 4.64. The summed E-state index contributed by atoms with van der Waals surface area (Å²) >= 11 is 0. The van der Waals surface area contributed by atoms with Crippen molar-refractivity contribution in [3.05, 3.63) is 134 Å². The highest BCUT2D eigenvalue weighted by molar-refractivity contribution is 7.47. The minimum Gasteiger partial charge on any atom is -0.462 e. The number of aliphatic hydroxyl groups excluding tert-OH is 1. The number of aliphatic hydroxyl groups is 1. The van der Waals surface area contributed by atoms with Gasteiger partial charge in [-0.25, -0.2) is 9.13 Å². The van der Waals surface area contributed by atoms with Crippen LogP contribution in [-0.2, 0) is 65.4 Å². The van der Waals surface area contributed by atoms with Gasteiger partial charge in [0.05, 0.1) is 26.4 Å². The summed E-state index contributed by atoms with van der Waals surface area (Å²) in [5.74, 6) is -2.30. The molecule has 0 aliphatic rings. The molecule has 0 aliphatic carbocycles. The minimum absolute atomic E-state index is 0.0272. The maximum Gasteiger partial charge on any atom is 0.472 e. The van der Waals surface area contributed by atoms with E-state index in [1.807, 2.05) is 12.2 Å². The Bertz CT molecular complexity index is 2560. The van der Waals surface area contributed by atoms with Crippen LogP contribution in [0.5, 0.6) is 0 Å². The third kappa shape index (κ3) is 79.3. The van der Waals surface area contributed by atoms with E-state index >= 15 is 0 Å². The van der Waals surface area contributed by atoms with Crippen LogP contribution in [0.1, 0.15) is 349 Å². The third-order valence-electron chi connectivity index (χ3n) is 17.6. The molecule has 2 unspecified atom stereocenters. The molecule has 0 aromatic carbocycles. The van der Waals surface area contributed by atoms with Crippen molar-refractivity contribution in [1.29, 1.82) is 0 Å². The van der Waals surface area contributed by atoms with Crippen LogP contribution in [0.15, 0.2) is 134 Å². The van der Waals surface area contributed by atoms with Gasteiger partial charge >= 0.3 is 39.5 Å². The molecule has 0 aromatic heterocycles. The van der Waals surface area contributed by atoms with Crippen LogP contribution in [-0.4, -0.2) is 96.7 Å². The Labute approximate surface area is 656 Å². The molecule has 0 aliphatic heterocycles. The maximum atomic E-state index is 13.1. The predicted octanol–water partition coefficient (Wildman–Crippen LogP) is 25.2. The van der Waals surface area contributed by atoms with E-state index in [-0.39, 0.29) is 25.7 Å². The van der Waals surface area contributed by atoms with Gasteiger partial charge in [0.2, 0.25) is 0 Å². The average molecular weight is 1560 g/mol. The number of esters is 4. The Morgan fingerprint density at radius 3 is 0.843 bits per heavy atom. The lowest BCUT2D eigenvalue weighted by Gasteiger charge is -2.21. The molecule has 0 aromatic rings. The Morgan fingerprint density at radius 1 is 0.269 bits per heavy atom. The largest absolute Gasteiger partial charge is 0.472 e. The minimum atomic E-state index is -5.01. The molecule has 0 bridgehead atoms. The van der Waals surface area contributed by atoms with Gasteiger partial charge in [0.25, 0.3) is 0 Å². The summed E-state index contributed by atoms with van der Waals surface area (Å²) in [4.78, 5) is 73.2. The first-order chi connectivity index (χ1) is 52.7. The molecule has 19 heteroatoms. The van der Waals surface area contributed by atoms with Crippen molar-refractivity contribution in [3.8, 4) is 0 Å². The molecule has 0 radical (unpaired) electrons. The second-order valence-electron chi connectivity index (χ2n) is 28.0. The number of rotatable bonds is 79. The first kappa shape index (κ1) is 103. The van der Waals surface area contributed by atoms with Crippen molar-refractivity contribution >= 4 is 39.5 Å². The second-order valence-corrected chi connectivity index (χ2v) is 30.9. The average Bonchev–Trinajstić information content (AvgIpc) is 0.900. The highest BCUT2D eigenvalue weighted by Crippen LogP contribution is 2.45. The van der Waals surface area contributed by atoms with E-state index in [9.17, 15) is 43.2 Å². The molecule has 0 fully saturated rings. The van der Waals surface area contributed by atoms with Crippen molar-refractivity contribution in [2.24, 2.45) is 0 Å². The molecular weight excluding hydrogens is 1400 g/mol. The molecule has 108 heavy (non-hydrogen) atoms. The van der Waals surface area contributed by atoms with Gasteiger partial charge in [0.15, 0.2) is 12.2 Å².